The molecule has 0 unspecified atom stereocenters. The van der Waals surface area contributed by atoms with Gasteiger partial charge in [0.05, 0.1) is 6.16 Å². The number of carbonyl (C=O) groups excluding carboxylic acids is 1. The third kappa shape index (κ3) is 9.97. The zero-order valence-corrected chi connectivity index (χ0v) is 13.4. The molecule has 3 N–H and O–H groups in total. The van der Waals surface area contributed by atoms with E-state index in [0.717, 1.165) is 0 Å². The van der Waals surface area contributed by atoms with Crippen LogP contribution in [0, 0.1) is 0 Å². The van der Waals surface area contributed by atoms with Gasteiger partial charge in [0.2, 0.25) is 0 Å². The van der Waals surface area contributed by atoms with E-state index in [2.05, 4.69) is 11.9 Å². The van der Waals surface area contributed by atoms with Gasteiger partial charge in [-0.2, -0.15) is 0 Å². The molecule has 0 rings (SSSR count). The van der Waals surface area contributed by atoms with Crippen LogP contribution in [-0.4, -0.2) is 40.6 Å². The number of ether oxygens (including phenoxy) is 1. The van der Waals surface area contributed by atoms with Gasteiger partial charge in [-0.1, -0.05) is 6.08 Å². The molecule has 0 aromatic heterocycles. The molecule has 0 bridgehead atoms. The maximum atomic E-state index is 11.5. The Bertz CT molecular complexity index is 307. The molecule has 0 radical (unpaired) electrons. The molecule has 0 aliphatic rings. The van der Waals surface area contributed by atoms with Gasteiger partial charge in [0.1, 0.15) is 12.1 Å². The number of hydrogen-bond donors (Lipinski definition) is 3. The summed E-state index contributed by atoms with van der Waals surface area (Å²) in [6, 6.07) is 0. The monoisotopic (exact) mass is 275 g/mol. The summed E-state index contributed by atoms with van der Waals surface area (Å²) >= 11 is 0. The molecule has 0 aromatic rings. The molecule has 0 aliphatic heterocycles. The van der Waals surface area contributed by atoms with E-state index in [0.29, 0.717) is 6.54 Å². The smallest absolute Gasteiger partial charge is 1.00 e. The number of carbonyl (C=O) groups is 1. The van der Waals surface area contributed by atoms with E-state index in [1.54, 1.807) is 19.9 Å². The van der Waals surface area contributed by atoms with Crippen LogP contribution in [0.3, 0.4) is 0 Å². The van der Waals surface area contributed by atoms with E-state index in [1.165, 1.54) is 0 Å². The molecular weight excluding hydrogens is 256 g/mol. The van der Waals surface area contributed by atoms with Gasteiger partial charge in [-0.25, -0.2) is 0 Å². The molecule has 0 heterocycles. The zero-order chi connectivity index (χ0) is 12.8. The minimum atomic E-state index is -4.11. The van der Waals surface area contributed by atoms with Crippen LogP contribution in [0.4, 0.5) is 0 Å². The Morgan fingerprint density at radius 1 is 1.59 bits per heavy atom. The summed E-state index contributed by atoms with van der Waals surface area (Å²) in [4.78, 5) is 28.6. The van der Waals surface area contributed by atoms with Gasteiger partial charge in [-0.05, 0) is 13.8 Å². The third-order valence-electron chi connectivity index (χ3n) is 1.81. The average Bonchev–Trinajstić information content (AvgIpc) is 2.12. The number of esters is 1. The van der Waals surface area contributed by atoms with Gasteiger partial charge in [-0.3, -0.25) is 14.7 Å². The Hall–Kier alpha value is 0.320. The van der Waals surface area contributed by atoms with Crippen LogP contribution in [0.5, 0.6) is 0 Å². The number of hydrogen-bond acceptors (Lipinski definition) is 4. The van der Waals surface area contributed by atoms with Gasteiger partial charge in [0, 0.05) is 6.54 Å². The molecule has 17 heavy (non-hydrogen) atoms. The molecular formula is C9H19NNaO5P. The van der Waals surface area contributed by atoms with Gasteiger partial charge in [-0.15, -0.1) is 6.58 Å². The largest absolute Gasteiger partial charge is 1.00 e. The molecule has 0 spiro atoms. The summed E-state index contributed by atoms with van der Waals surface area (Å²) in [7, 11) is -4.11. The minimum Gasteiger partial charge on any atom is -1.00 e. The molecule has 6 nitrogen and oxygen atoms in total. The van der Waals surface area contributed by atoms with Crippen LogP contribution in [-0.2, 0) is 14.1 Å². The Morgan fingerprint density at radius 2 is 2.12 bits per heavy atom. The number of rotatable bonds is 7. The number of nitrogens with one attached hydrogen (secondary N) is 1. The fraction of sp³-hybridized carbons (Fsp3) is 0.667. The first kappa shape index (κ1) is 19.7. The van der Waals surface area contributed by atoms with Crippen LogP contribution < -0.4 is 34.9 Å². The molecule has 96 valence electrons. The van der Waals surface area contributed by atoms with Crippen molar-refractivity contribution in [3.8, 4) is 0 Å². The minimum absolute atomic E-state index is 0. The fourth-order valence-corrected chi connectivity index (χ4v) is 1.17. The first-order valence-electron chi connectivity index (χ1n) is 4.77. The van der Waals surface area contributed by atoms with Crippen LogP contribution in [0.25, 0.3) is 0 Å². The summed E-state index contributed by atoms with van der Waals surface area (Å²) in [5.41, 5.74) is -0.900. The Morgan fingerprint density at radius 3 is 2.53 bits per heavy atom. The predicted molar refractivity (Wildman–Crippen MR) is 61.3 cm³/mol. The van der Waals surface area contributed by atoms with Gasteiger partial charge in [0.25, 0.3) is 0 Å². The van der Waals surface area contributed by atoms with Crippen molar-refractivity contribution in [1.29, 1.82) is 0 Å². The Labute approximate surface area is 125 Å². The first-order valence-corrected chi connectivity index (χ1v) is 6.56. The van der Waals surface area contributed by atoms with Crippen molar-refractivity contribution in [3.63, 3.8) is 0 Å². The second kappa shape index (κ2) is 8.43. The second-order valence-corrected chi connectivity index (χ2v) is 5.60. The Kier molecular flexibility index (Phi) is 9.74. The molecule has 0 fully saturated rings. The van der Waals surface area contributed by atoms with Crippen molar-refractivity contribution >= 4 is 13.6 Å². The van der Waals surface area contributed by atoms with Crippen molar-refractivity contribution < 1.29 is 54.9 Å². The topological polar surface area (TPSA) is 95.9 Å². The average molecular weight is 275 g/mol. The van der Waals surface area contributed by atoms with Gasteiger partial charge in [0.15, 0.2) is 0 Å². The summed E-state index contributed by atoms with van der Waals surface area (Å²) in [6.45, 7) is 6.90. The predicted octanol–water partition coefficient (Wildman–Crippen LogP) is -2.62. The second-order valence-electron chi connectivity index (χ2n) is 3.82. The van der Waals surface area contributed by atoms with Crippen LogP contribution in [0.1, 0.15) is 15.3 Å². The van der Waals surface area contributed by atoms with Crippen LogP contribution in [0.15, 0.2) is 12.7 Å². The molecule has 0 aromatic carbocycles. The summed E-state index contributed by atoms with van der Waals surface area (Å²) in [5, 5.41) is 2.87. The zero-order valence-electron chi connectivity index (χ0n) is 11.5. The maximum Gasteiger partial charge on any atom is 1.00 e. The molecule has 0 aliphatic carbocycles. The molecule has 0 saturated heterocycles. The van der Waals surface area contributed by atoms with E-state index < -0.39 is 25.3 Å². The van der Waals surface area contributed by atoms with Crippen LogP contribution >= 0.6 is 7.60 Å². The van der Waals surface area contributed by atoms with E-state index in [-0.39, 0.29) is 37.6 Å². The molecule has 8 heteroatoms. The Balaban J connectivity index is -0.00000112. The maximum absolute atomic E-state index is 11.5. The molecule has 0 amide bonds. The summed E-state index contributed by atoms with van der Waals surface area (Å²) < 4.78 is 15.3. The van der Waals surface area contributed by atoms with Crippen molar-refractivity contribution in [1.82, 2.24) is 5.32 Å². The van der Waals surface area contributed by atoms with Crippen molar-refractivity contribution in [2.75, 3.05) is 19.3 Å². The van der Waals surface area contributed by atoms with Crippen molar-refractivity contribution in [2.45, 2.75) is 19.4 Å². The normalized spacial score (nSPS) is 11.5. The summed E-state index contributed by atoms with van der Waals surface area (Å²) in [6.07, 6.45) is 1.14. The van der Waals surface area contributed by atoms with E-state index in [9.17, 15) is 9.36 Å². The summed E-state index contributed by atoms with van der Waals surface area (Å²) in [5.74, 6) is -0.553. The van der Waals surface area contributed by atoms with Crippen LogP contribution in [0.2, 0.25) is 0 Å². The third-order valence-corrected chi connectivity index (χ3v) is 2.58. The standard InChI is InChI=1S/C9H18NO5P.Na.H/c1-4-5-10-9(2,3)8(11)15-6-7-16(12,13)14;;/h4,10H,1,5-7H2,2-3H3,(H2,12,13,14);;/q;+1;-1. The van der Waals surface area contributed by atoms with Crippen molar-refractivity contribution in [3.05, 3.63) is 12.7 Å². The van der Waals surface area contributed by atoms with Gasteiger partial charge >= 0.3 is 43.1 Å². The molecule has 0 saturated carbocycles. The van der Waals surface area contributed by atoms with E-state index in [4.69, 9.17) is 14.5 Å². The van der Waals surface area contributed by atoms with E-state index >= 15 is 0 Å². The van der Waals surface area contributed by atoms with E-state index in [1.807, 2.05) is 0 Å². The molecule has 0 atom stereocenters. The first-order chi connectivity index (χ1) is 7.19. The fourth-order valence-electron chi connectivity index (χ4n) is 0.837. The SMILES string of the molecule is C=CCNC(C)(C)C(=O)OCCP(=O)(O)O.[H-].[Na+]. The van der Waals surface area contributed by atoms with Gasteiger partial charge < -0.3 is 16.0 Å². The quantitative estimate of drug-likeness (QED) is 0.204. The van der Waals surface area contributed by atoms with Crippen molar-refractivity contribution in [2.24, 2.45) is 0 Å².